The standard InChI is InChI=1S/C20H30N4O3S/c1-14-10-15(2)13-24(12-14)20(25)9-8-19-21-17-11-16(28(26,27)22(3)4)6-7-18(17)23(19)5/h6-7,11,14-15H,8-10,12-13H2,1-5H3. The summed E-state index contributed by atoms with van der Waals surface area (Å²) in [5.41, 5.74) is 1.49. The second-order valence-corrected chi connectivity index (χ2v) is 10.4. The molecule has 1 aliphatic rings. The van der Waals surface area contributed by atoms with Gasteiger partial charge in [-0.25, -0.2) is 17.7 Å². The van der Waals surface area contributed by atoms with Gasteiger partial charge in [-0.15, -0.1) is 0 Å². The predicted molar refractivity (Wildman–Crippen MR) is 109 cm³/mol. The van der Waals surface area contributed by atoms with Gasteiger partial charge in [0, 0.05) is 47.1 Å². The molecule has 8 heteroatoms. The van der Waals surface area contributed by atoms with Gasteiger partial charge in [0.1, 0.15) is 5.82 Å². The van der Waals surface area contributed by atoms with E-state index < -0.39 is 10.0 Å². The summed E-state index contributed by atoms with van der Waals surface area (Å²) in [5.74, 6) is 2.04. The summed E-state index contributed by atoms with van der Waals surface area (Å²) in [4.78, 5) is 19.5. The highest BCUT2D eigenvalue weighted by Crippen LogP contribution is 2.24. The quantitative estimate of drug-likeness (QED) is 0.763. The molecule has 1 saturated heterocycles. The zero-order chi connectivity index (χ0) is 20.6. The van der Waals surface area contributed by atoms with Crippen molar-refractivity contribution < 1.29 is 13.2 Å². The molecule has 0 saturated carbocycles. The molecule has 2 aromatic rings. The van der Waals surface area contributed by atoms with Gasteiger partial charge in [-0.3, -0.25) is 4.79 Å². The molecule has 154 valence electrons. The number of piperidine rings is 1. The molecule has 2 atom stereocenters. The molecule has 3 rings (SSSR count). The van der Waals surface area contributed by atoms with E-state index in [9.17, 15) is 13.2 Å². The smallest absolute Gasteiger partial charge is 0.242 e. The molecule has 0 spiro atoms. The maximum atomic E-state index is 12.7. The number of fused-ring (bicyclic) bond motifs is 1. The summed E-state index contributed by atoms with van der Waals surface area (Å²) in [6.07, 6.45) is 2.13. The molecule has 1 fully saturated rings. The lowest BCUT2D eigenvalue weighted by Crippen LogP contribution is -2.42. The molecule has 0 aliphatic carbocycles. The molecular weight excluding hydrogens is 376 g/mol. The number of benzene rings is 1. The van der Waals surface area contributed by atoms with E-state index in [4.69, 9.17) is 0 Å². The summed E-state index contributed by atoms with van der Waals surface area (Å²) in [5, 5.41) is 0. The molecule has 7 nitrogen and oxygen atoms in total. The number of amides is 1. The summed E-state index contributed by atoms with van der Waals surface area (Å²) in [7, 11) is 1.43. The van der Waals surface area contributed by atoms with Crippen LogP contribution in [0, 0.1) is 11.8 Å². The molecule has 2 heterocycles. The third-order valence-electron chi connectivity index (χ3n) is 5.51. The van der Waals surface area contributed by atoms with Crippen LogP contribution in [-0.4, -0.2) is 60.3 Å². The van der Waals surface area contributed by atoms with Gasteiger partial charge in [0.05, 0.1) is 15.9 Å². The van der Waals surface area contributed by atoms with Crippen LogP contribution in [0.5, 0.6) is 0 Å². The van der Waals surface area contributed by atoms with E-state index in [1.54, 1.807) is 18.2 Å². The normalized spacial score (nSPS) is 20.9. The lowest BCUT2D eigenvalue weighted by molar-refractivity contribution is -0.133. The Morgan fingerprint density at radius 1 is 1.21 bits per heavy atom. The number of aromatic nitrogens is 2. The minimum Gasteiger partial charge on any atom is -0.342 e. The fourth-order valence-electron chi connectivity index (χ4n) is 4.07. The molecule has 1 aromatic carbocycles. The van der Waals surface area contributed by atoms with Crippen molar-refractivity contribution in [2.24, 2.45) is 18.9 Å². The summed E-state index contributed by atoms with van der Waals surface area (Å²) < 4.78 is 27.8. The number of carbonyl (C=O) groups is 1. The first kappa shape index (κ1) is 20.8. The lowest BCUT2D eigenvalue weighted by atomic mass is 9.91. The highest BCUT2D eigenvalue weighted by molar-refractivity contribution is 7.89. The Morgan fingerprint density at radius 3 is 2.46 bits per heavy atom. The molecule has 2 unspecified atom stereocenters. The van der Waals surface area contributed by atoms with E-state index in [0.29, 0.717) is 30.2 Å². The fraction of sp³-hybridized carbons (Fsp3) is 0.600. The van der Waals surface area contributed by atoms with Crippen LogP contribution in [0.25, 0.3) is 11.0 Å². The number of sulfonamides is 1. The van der Waals surface area contributed by atoms with E-state index >= 15 is 0 Å². The summed E-state index contributed by atoms with van der Waals surface area (Å²) in [6, 6.07) is 4.98. The number of nitrogens with zero attached hydrogens (tertiary/aromatic N) is 4. The first-order valence-electron chi connectivity index (χ1n) is 9.75. The highest BCUT2D eigenvalue weighted by Gasteiger charge is 2.25. The second kappa shape index (κ2) is 7.83. The minimum absolute atomic E-state index is 0.168. The predicted octanol–water partition coefficient (Wildman–Crippen LogP) is 2.26. The van der Waals surface area contributed by atoms with Crippen LogP contribution in [0.1, 0.15) is 32.5 Å². The topological polar surface area (TPSA) is 75.5 Å². The number of hydrogen-bond acceptors (Lipinski definition) is 4. The number of aryl methyl sites for hydroxylation is 2. The Labute approximate surface area is 167 Å². The van der Waals surface area contributed by atoms with Crippen molar-refractivity contribution in [1.82, 2.24) is 18.8 Å². The number of carbonyl (C=O) groups excluding carboxylic acids is 1. The zero-order valence-electron chi connectivity index (χ0n) is 17.3. The fourth-order valence-corrected chi connectivity index (χ4v) is 4.99. The summed E-state index contributed by atoms with van der Waals surface area (Å²) in [6.45, 7) is 6.05. The van der Waals surface area contributed by atoms with Gasteiger partial charge in [0.2, 0.25) is 15.9 Å². The van der Waals surface area contributed by atoms with Crippen molar-refractivity contribution in [3.05, 3.63) is 24.0 Å². The average Bonchev–Trinajstić information content (AvgIpc) is 2.94. The maximum Gasteiger partial charge on any atom is 0.242 e. The van der Waals surface area contributed by atoms with E-state index in [0.717, 1.165) is 24.4 Å². The van der Waals surface area contributed by atoms with Crippen LogP contribution in [-0.2, 0) is 28.3 Å². The van der Waals surface area contributed by atoms with Crippen molar-refractivity contribution in [2.45, 2.75) is 38.0 Å². The Hall–Kier alpha value is -1.93. The number of imidazole rings is 1. The summed E-state index contributed by atoms with van der Waals surface area (Å²) >= 11 is 0. The van der Waals surface area contributed by atoms with Gasteiger partial charge in [0.15, 0.2) is 0 Å². The van der Waals surface area contributed by atoms with Crippen LogP contribution < -0.4 is 0 Å². The second-order valence-electron chi connectivity index (χ2n) is 8.27. The largest absolute Gasteiger partial charge is 0.342 e. The van der Waals surface area contributed by atoms with Crippen LogP contribution in [0.4, 0.5) is 0 Å². The Balaban J connectivity index is 1.77. The van der Waals surface area contributed by atoms with Gasteiger partial charge >= 0.3 is 0 Å². The third-order valence-corrected chi connectivity index (χ3v) is 7.32. The Bertz CT molecular complexity index is 971. The Morgan fingerprint density at radius 2 is 1.86 bits per heavy atom. The minimum atomic E-state index is -3.50. The highest BCUT2D eigenvalue weighted by atomic mass is 32.2. The molecule has 1 aliphatic heterocycles. The van der Waals surface area contributed by atoms with Crippen molar-refractivity contribution in [2.75, 3.05) is 27.2 Å². The first-order valence-corrected chi connectivity index (χ1v) is 11.2. The van der Waals surface area contributed by atoms with Crippen LogP contribution in [0.2, 0.25) is 0 Å². The molecule has 28 heavy (non-hydrogen) atoms. The molecule has 0 bridgehead atoms. The zero-order valence-corrected chi connectivity index (χ0v) is 18.2. The van der Waals surface area contributed by atoms with Crippen molar-refractivity contribution in [1.29, 1.82) is 0 Å². The van der Waals surface area contributed by atoms with Gasteiger partial charge in [0.25, 0.3) is 0 Å². The molecular formula is C20H30N4O3S. The first-order chi connectivity index (χ1) is 13.1. The van der Waals surface area contributed by atoms with E-state index in [-0.39, 0.29) is 10.8 Å². The van der Waals surface area contributed by atoms with Crippen molar-refractivity contribution in [3.8, 4) is 0 Å². The van der Waals surface area contributed by atoms with Crippen molar-refractivity contribution >= 4 is 27.0 Å². The molecule has 1 aromatic heterocycles. The van der Waals surface area contributed by atoms with Gasteiger partial charge in [-0.1, -0.05) is 13.8 Å². The number of likely N-dealkylation sites (tertiary alicyclic amines) is 1. The SMILES string of the molecule is CC1CC(C)CN(C(=O)CCc2nc3cc(S(=O)(=O)N(C)C)ccc3n2C)C1. The average molecular weight is 407 g/mol. The van der Waals surface area contributed by atoms with Gasteiger partial charge in [-0.2, -0.15) is 0 Å². The lowest BCUT2D eigenvalue weighted by Gasteiger charge is -2.35. The molecule has 1 amide bonds. The van der Waals surface area contributed by atoms with Crippen LogP contribution in [0.3, 0.4) is 0 Å². The van der Waals surface area contributed by atoms with E-state index in [2.05, 4.69) is 18.8 Å². The molecule has 0 N–H and O–H groups in total. The van der Waals surface area contributed by atoms with Crippen LogP contribution in [0.15, 0.2) is 23.1 Å². The van der Waals surface area contributed by atoms with Gasteiger partial charge in [-0.05, 0) is 36.5 Å². The molecule has 0 radical (unpaired) electrons. The van der Waals surface area contributed by atoms with Crippen LogP contribution >= 0.6 is 0 Å². The monoisotopic (exact) mass is 406 g/mol. The van der Waals surface area contributed by atoms with E-state index in [1.165, 1.54) is 24.8 Å². The number of rotatable bonds is 5. The van der Waals surface area contributed by atoms with Gasteiger partial charge < -0.3 is 9.47 Å². The van der Waals surface area contributed by atoms with Crippen molar-refractivity contribution in [3.63, 3.8) is 0 Å². The Kier molecular flexibility index (Phi) is 5.82. The number of hydrogen-bond donors (Lipinski definition) is 0. The van der Waals surface area contributed by atoms with E-state index in [1.807, 2.05) is 16.5 Å². The third kappa shape index (κ3) is 4.07. The maximum absolute atomic E-state index is 12.7.